The molecule has 4 nitrogen and oxygen atoms in total. The van der Waals surface area contributed by atoms with Gasteiger partial charge in [-0.05, 0) is 54.6 Å². The van der Waals surface area contributed by atoms with Crippen molar-refractivity contribution in [3.05, 3.63) is 28.2 Å². The summed E-state index contributed by atoms with van der Waals surface area (Å²) in [7, 11) is 4.08. The Morgan fingerprint density at radius 1 is 1.47 bits per heavy atom. The van der Waals surface area contributed by atoms with E-state index in [4.69, 9.17) is 15.9 Å². The van der Waals surface area contributed by atoms with E-state index in [-0.39, 0.29) is 5.84 Å². The zero-order valence-electron chi connectivity index (χ0n) is 10.2. The Kier molecular flexibility index (Phi) is 5.44. The van der Waals surface area contributed by atoms with Gasteiger partial charge in [-0.15, -0.1) is 0 Å². The molecule has 0 unspecified atom stereocenters. The van der Waals surface area contributed by atoms with Gasteiger partial charge in [-0.2, -0.15) is 0 Å². The summed E-state index contributed by atoms with van der Waals surface area (Å²) in [4.78, 5) is 2.12. The molecule has 1 aromatic carbocycles. The van der Waals surface area contributed by atoms with Gasteiger partial charge >= 0.3 is 0 Å². The number of halogens is 1. The minimum atomic E-state index is 0.0601. The molecule has 0 amide bonds. The van der Waals surface area contributed by atoms with Gasteiger partial charge in [0.2, 0.25) is 0 Å². The van der Waals surface area contributed by atoms with Gasteiger partial charge in [-0.3, -0.25) is 5.41 Å². The van der Waals surface area contributed by atoms with E-state index in [9.17, 15) is 0 Å². The van der Waals surface area contributed by atoms with Gasteiger partial charge in [0.05, 0.1) is 11.1 Å². The minimum Gasteiger partial charge on any atom is -0.492 e. The Balaban J connectivity index is 2.52. The van der Waals surface area contributed by atoms with Gasteiger partial charge in [0.1, 0.15) is 11.6 Å². The van der Waals surface area contributed by atoms with Crippen molar-refractivity contribution in [1.82, 2.24) is 4.90 Å². The number of hydrogen-bond acceptors (Lipinski definition) is 3. The normalized spacial score (nSPS) is 10.6. The molecule has 0 aliphatic heterocycles. The highest BCUT2D eigenvalue weighted by Crippen LogP contribution is 2.25. The molecule has 3 N–H and O–H groups in total. The number of nitrogens with zero attached hydrogens (tertiary/aromatic N) is 1. The lowest BCUT2D eigenvalue weighted by Gasteiger charge is -2.11. The van der Waals surface area contributed by atoms with E-state index in [0.29, 0.717) is 12.2 Å². The van der Waals surface area contributed by atoms with Crippen LogP contribution in [0, 0.1) is 5.41 Å². The summed E-state index contributed by atoms with van der Waals surface area (Å²) in [5, 5.41) is 7.33. The van der Waals surface area contributed by atoms with Crippen LogP contribution in [0.1, 0.15) is 12.0 Å². The predicted molar refractivity (Wildman–Crippen MR) is 73.8 cm³/mol. The van der Waals surface area contributed by atoms with E-state index in [1.165, 1.54) is 0 Å². The number of nitrogens with one attached hydrogen (secondary N) is 1. The number of hydrogen-bond donors (Lipinski definition) is 2. The van der Waals surface area contributed by atoms with Crippen LogP contribution in [0.3, 0.4) is 0 Å². The van der Waals surface area contributed by atoms with E-state index < -0.39 is 0 Å². The Hall–Kier alpha value is -1.07. The standard InChI is InChI=1S/C12H18BrN3O/c1-16(2)6-3-7-17-11-5-4-9(12(14)15)8-10(11)13/h4-5,8H,3,6-7H2,1-2H3,(H3,14,15). The third-order valence-corrected chi connectivity index (χ3v) is 2.87. The van der Waals surface area contributed by atoms with Crippen molar-refractivity contribution in [2.75, 3.05) is 27.2 Å². The highest BCUT2D eigenvalue weighted by atomic mass is 79.9. The van der Waals surface area contributed by atoms with E-state index >= 15 is 0 Å². The van der Waals surface area contributed by atoms with Gasteiger partial charge in [0.25, 0.3) is 0 Å². The summed E-state index contributed by atoms with van der Waals surface area (Å²) in [6.45, 7) is 1.68. The van der Waals surface area contributed by atoms with Crippen molar-refractivity contribution < 1.29 is 4.74 Å². The van der Waals surface area contributed by atoms with Crippen LogP contribution >= 0.6 is 15.9 Å². The quantitative estimate of drug-likeness (QED) is 0.480. The molecule has 0 aliphatic carbocycles. The van der Waals surface area contributed by atoms with Gasteiger partial charge in [0.15, 0.2) is 0 Å². The van der Waals surface area contributed by atoms with Crippen LogP contribution in [-0.2, 0) is 0 Å². The topological polar surface area (TPSA) is 62.3 Å². The van der Waals surface area contributed by atoms with Crippen molar-refractivity contribution >= 4 is 21.8 Å². The van der Waals surface area contributed by atoms with Crippen LogP contribution in [0.4, 0.5) is 0 Å². The number of ether oxygens (including phenoxy) is 1. The number of rotatable bonds is 6. The lowest BCUT2D eigenvalue weighted by Crippen LogP contribution is -2.15. The summed E-state index contributed by atoms with van der Waals surface area (Å²) < 4.78 is 6.47. The average Bonchev–Trinajstić information content (AvgIpc) is 2.25. The van der Waals surface area contributed by atoms with Crippen molar-refractivity contribution in [3.63, 3.8) is 0 Å². The maximum absolute atomic E-state index is 7.33. The summed E-state index contributed by atoms with van der Waals surface area (Å²) in [5.41, 5.74) is 6.10. The average molecular weight is 300 g/mol. The zero-order valence-corrected chi connectivity index (χ0v) is 11.8. The molecule has 17 heavy (non-hydrogen) atoms. The molecule has 0 aromatic heterocycles. The molecule has 0 bridgehead atoms. The molecule has 0 radical (unpaired) electrons. The fourth-order valence-corrected chi connectivity index (χ4v) is 1.84. The van der Waals surface area contributed by atoms with Crippen LogP contribution < -0.4 is 10.5 Å². The first-order chi connectivity index (χ1) is 8.00. The van der Waals surface area contributed by atoms with Gasteiger partial charge < -0.3 is 15.4 Å². The molecule has 0 fully saturated rings. The number of amidine groups is 1. The summed E-state index contributed by atoms with van der Waals surface area (Å²) >= 11 is 3.41. The molecule has 0 heterocycles. The third kappa shape index (κ3) is 4.75. The van der Waals surface area contributed by atoms with Crippen molar-refractivity contribution in [3.8, 4) is 5.75 Å². The number of nitrogens with two attached hydrogens (primary N) is 1. The second kappa shape index (κ2) is 6.61. The Bertz CT molecular complexity index is 393. The third-order valence-electron chi connectivity index (χ3n) is 2.25. The first-order valence-electron chi connectivity index (χ1n) is 5.42. The zero-order chi connectivity index (χ0) is 12.8. The molecular formula is C12H18BrN3O. The van der Waals surface area contributed by atoms with E-state index in [1.807, 2.05) is 20.2 Å². The smallest absolute Gasteiger partial charge is 0.133 e. The van der Waals surface area contributed by atoms with Crippen molar-refractivity contribution in [2.45, 2.75) is 6.42 Å². The lowest BCUT2D eigenvalue weighted by molar-refractivity contribution is 0.280. The van der Waals surface area contributed by atoms with E-state index in [2.05, 4.69) is 20.8 Å². The SMILES string of the molecule is CN(C)CCCOc1ccc(C(=N)N)cc1Br. The fraction of sp³-hybridized carbons (Fsp3) is 0.417. The number of benzene rings is 1. The highest BCUT2D eigenvalue weighted by Gasteiger charge is 2.04. The highest BCUT2D eigenvalue weighted by molar-refractivity contribution is 9.10. The largest absolute Gasteiger partial charge is 0.492 e. The molecule has 0 aliphatic rings. The second-order valence-electron chi connectivity index (χ2n) is 4.06. The van der Waals surface area contributed by atoms with Crippen molar-refractivity contribution in [2.24, 2.45) is 5.73 Å². The molecule has 0 spiro atoms. The second-order valence-corrected chi connectivity index (χ2v) is 4.92. The lowest BCUT2D eigenvalue weighted by atomic mass is 10.2. The molecular weight excluding hydrogens is 282 g/mol. The van der Waals surface area contributed by atoms with E-state index in [1.54, 1.807) is 12.1 Å². The van der Waals surface area contributed by atoms with Gasteiger partial charge in [0, 0.05) is 12.1 Å². The monoisotopic (exact) mass is 299 g/mol. The minimum absolute atomic E-state index is 0.0601. The Morgan fingerprint density at radius 2 is 2.18 bits per heavy atom. The van der Waals surface area contributed by atoms with Gasteiger partial charge in [-0.1, -0.05) is 0 Å². The number of nitrogen functional groups attached to an aromatic ring is 1. The van der Waals surface area contributed by atoms with E-state index in [0.717, 1.165) is 23.2 Å². The van der Waals surface area contributed by atoms with Crippen LogP contribution in [0.25, 0.3) is 0 Å². The molecule has 5 heteroatoms. The molecule has 1 aromatic rings. The van der Waals surface area contributed by atoms with Crippen LogP contribution in [-0.4, -0.2) is 38.0 Å². The van der Waals surface area contributed by atoms with Crippen LogP contribution in [0.2, 0.25) is 0 Å². The van der Waals surface area contributed by atoms with Crippen LogP contribution in [0.15, 0.2) is 22.7 Å². The first-order valence-corrected chi connectivity index (χ1v) is 6.21. The van der Waals surface area contributed by atoms with Crippen molar-refractivity contribution in [1.29, 1.82) is 5.41 Å². The summed E-state index contributed by atoms with van der Waals surface area (Å²) in [6, 6.07) is 5.41. The van der Waals surface area contributed by atoms with Crippen LogP contribution in [0.5, 0.6) is 5.75 Å². The summed E-state index contributed by atoms with van der Waals surface area (Å²) in [6.07, 6.45) is 0.980. The fourth-order valence-electron chi connectivity index (χ4n) is 1.35. The molecule has 0 atom stereocenters. The maximum Gasteiger partial charge on any atom is 0.133 e. The maximum atomic E-state index is 7.33. The molecule has 1 rings (SSSR count). The molecule has 0 saturated heterocycles. The predicted octanol–water partition coefficient (Wildman–Crippen LogP) is 2.06. The molecule has 0 saturated carbocycles. The Labute approximate surface area is 110 Å². The van der Waals surface area contributed by atoms with Gasteiger partial charge in [-0.25, -0.2) is 0 Å². The summed E-state index contributed by atoms with van der Waals surface area (Å²) in [5.74, 6) is 0.846. The Morgan fingerprint density at radius 3 is 2.71 bits per heavy atom. The molecule has 94 valence electrons. The first kappa shape index (κ1) is 14.0.